The highest BCUT2D eigenvalue weighted by Crippen LogP contribution is 2.43. The second-order valence-electron chi connectivity index (χ2n) is 4.14. The predicted octanol–water partition coefficient (Wildman–Crippen LogP) is 2.42. The van der Waals surface area contributed by atoms with Gasteiger partial charge in [-0.3, -0.25) is 4.79 Å². The van der Waals surface area contributed by atoms with Crippen LogP contribution < -0.4 is 5.73 Å². The van der Waals surface area contributed by atoms with Gasteiger partial charge in [0.05, 0.1) is 11.3 Å². The minimum Gasteiger partial charge on any atom is -0.465 e. The minimum absolute atomic E-state index is 0.152. The summed E-state index contributed by atoms with van der Waals surface area (Å²) in [6.07, 6.45) is -1.19. The normalized spacial score (nSPS) is 23.4. The Morgan fingerprint density at radius 2 is 2.06 bits per heavy atom. The Morgan fingerprint density at radius 1 is 1.44 bits per heavy atom. The predicted molar refractivity (Wildman–Crippen MR) is 69.4 cm³/mol. The molecule has 2 amide bonds. The zero-order chi connectivity index (χ0) is 13.3. The van der Waals surface area contributed by atoms with E-state index in [9.17, 15) is 9.59 Å². The first kappa shape index (κ1) is 12.9. The molecule has 0 radical (unpaired) electrons. The van der Waals surface area contributed by atoms with Crippen LogP contribution in [0.15, 0.2) is 24.3 Å². The van der Waals surface area contributed by atoms with Crippen molar-refractivity contribution in [3.63, 3.8) is 0 Å². The Balaban J connectivity index is 2.24. The fraction of sp³-hybridized carbons (Fsp3) is 0.333. The van der Waals surface area contributed by atoms with Crippen LogP contribution in [0.3, 0.4) is 0 Å². The van der Waals surface area contributed by atoms with Crippen molar-refractivity contribution in [2.75, 3.05) is 0 Å². The highest BCUT2D eigenvalue weighted by molar-refractivity contribution is 8.14. The van der Waals surface area contributed by atoms with E-state index in [-0.39, 0.29) is 11.3 Å². The van der Waals surface area contributed by atoms with E-state index in [1.807, 2.05) is 24.3 Å². The molecule has 1 heterocycles. The summed E-state index contributed by atoms with van der Waals surface area (Å²) in [7, 11) is 0. The summed E-state index contributed by atoms with van der Waals surface area (Å²) in [6, 6.07) is 7.24. The molecule has 0 saturated carbocycles. The van der Waals surface area contributed by atoms with Crippen molar-refractivity contribution in [2.24, 2.45) is 5.73 Å². The largest absolute Gasteiger partial charge is 0.465 e. The molecule has 3 N–H and O–H groups in total. The van der Waals surface area contributed by atoms with Crippen LogP contribution in [0.5, 0.6) is 0 Å². The van der Waals surface area contributed by atoms with Gasteiger partial charge in [-0.05, 0) is 18.1 Å². The molecule has 1 fully saturated rings. The number of nitrogens with zero attached hydrogens (tertiary/aromatic N) is 1. The molecule has 2 unspecified atom stereocenters. The summed E-state index contributed by atoms with van der Waals surface area (Å²) >= 11 is 1.05. The van der Waals surface area contributed by atoms with Crippen molar-refractivity contribution >= 4 is 23.1 Å². The number of imide groups is 1. The van der Waals surface area contributed by atoms with Gasteiger partial charge in [-0.2, -0.15) is 0 Å². The summed E-state index contributed by atoms with van der Waals surface area (Å²) < 4.78 is 0. The SMILES string of the molecule is CC1C(c2ccc(CN)cc2)SC(=O)N1C(=O)O. The monoisotopic (exact) mass is 266 g/mol. The maximum absolute atomic E-state index is 11.6. The van der Waals surface area contributed by atoms with E-state index >= 15 is 0 Å². The molecule has 96 valence electrons. The van der Waals surface area contributed by atoms with Crippen LogP contribution in [0.4, 0.5) is 9.59 Å². The molecule has 1 aromatic carbocycles. The van der Waals surface area contributed by atoms with Gasteiger partial charge >= 0.3 is 6.09 Å². The van der Waals surface area contributed by atoms with Crippen LogP contribution in [0.2, 0.25) is 0 Å². The average molecular weight is 266 g/mol. The number of carbonyl (C=O) groups is 2. The molecule has 2 atom stereocenters. The number of hydrogen-bond acceptors (Lipinski definition) is 4. The zero-order valence-electron chi connectivity index (χ0n) is 9.87. The van der Waals surface area contributed by atoms with Crippen LogP contribution in [0.25, 0.3) is 0 Å². The Kier molecular flexibility index (Phi) is 3.58. The number of carbonyl (C=O) groups excluding carboxylic acids is 1. The van der Waals surface area contributed by atoms with Crippen LogP contribution in [-0.4, -0.2) is 27.4 Å². The van der Waals surface area contributed by atoms with E-state index in [0.29, 0.717) is 6.54 Å². The third kappa shape index (κ3) is 2.21. The lowest BCUT2D eigenvalue weighted by molar-refractivity contribution is 0.147. The molecular formula is C12H14N2O3S. The number of amides is 2. The fourth-order valence-electron chi connectivity index (χ4n) is 2.01. The summed E-state index contributed by atoms with van der Waals surface area (Å²) in [4.78, 5) is 23.5. The smallest absolute Gasteiger partial charge is 0.415 e. The van der Waals surface area contributed by atoms with E-state index < -0.39 is 11.3 Å². The Bertz CT molecular complexity index is 475. The summed E-state index contributed by atoms with van der Waals surface area (Å²) in [5, 5.41) is 8.41. The molecule has 2 rings (SSSR count). The van der Waals surface area contributed by atoms with Crippen molar-refractivity contribution in [1.29, 1.82) is 0 Å². The van der Waals surface area contributed by atoms with Crippen LogP contribution in [0, 0.1) is 0 Å². The maximum atomic E-state index is 11.6. The summed E-state index contributed by atoms with van der Waals surface area (Å²) in [6.45, 7) is 2.21. The highest BCUT2D eigenvalue weighted by Gasteiger charge is 2.42. The lowest BCUT2D eigenvalue weighted by Crippen LogP contribution is -2.36. The molecule has 1 aromatic rings. The molecular weight excluding hydrogens is 252 g/mol. The van der Waals surface area contributed by atoms with E-state index in [1.165, 1.54) is 0 Å². The molecule has 1 saturated heterocycles. The maximum Gasteiger partial charge on any atom is 0.415 e. The second-order valence-corrected chi connectivity index (χ2v) is 5.24. The Morgan fingerprint density at radius 3 is 2.50 bits per heavy atom. The fourth-order valence-corrected chi connectivity index (χ4v) is 3.19. The van der Waals surface area contributed by atoms with Gasteiger partial charge in [0, 0.05) is 6.54 Å². The van der Waals surface area contributed by atoms with Gasteiger partial charge in [-0.25, -0.2) is 9.69 Å². The standard InChI is InChI=1S/C12H14N2O3S/c1-7-10(18-12(17)14(7)11(15)16)9-4-2-8(6-13)3-5-9/h2-5,7,10H,6,13H2,1H3,(H,15,16). The van der Waals surface area contributed by atoms with Crippen LogP contribution >= 0.6 is 11.8 Å². The molecule has 0 aromatic heterocycles. The van der Waals surface area contributed by atoms with E-state index in [4.69, 9.17) is 10.8 Å². The number of benzene rings is 1. The van der Waals surface area contributed by atoms with Gasteiger partial charge < -0.3 is 10.8 Å². The number of carboxylic acid groups (broad SMARTS) is 1. The summed E-state index contributed by atoms with van der Waals surface area (Å²) in [5.41, 5.74) is 7.48. The van der Waals surface area contributed by atoms with E-state index in [0.717, 1.165) is 27.8 Å². The zero-order valence-corrected chi connectivity index (χ0v) is 10.7. The Hall–Kier alpha value is -1.53. The summed E-state index contributed by atoms with van der Waals surface area (Å²) in [5.74, 6) is 0. The second kappa shape index (κ2) is 4.99. The number of nitrogens with two attached hydrogens (primary N) is 1. The van der Waals surface area contributed by atoms with Gasteiger partial charge in [0.1, 0.15) is 0 Å². The van der Waals surface area contributed by atoms with Gasteiger partial charge in [-0.15, -0.1) is 0 Å². The van der Waals surface area contributed by atoms with Crippen molar-refractivity contribution in [1.82, 2.24) is 4.90 Å². The van der Waals surface area contributed by atoms with Gasteiger partial charge in [-0.1, -0.05) is 36.0 Å². The van der Waals surface area contributed by atoms with Gasteiger partial charge in [0.15, 0.2) is 0 Å². The topological polar surface area (TPSA) is 83.6 Å². The van der Waals surface area contributed by atoms with Crippen molar-refractivity contribution < 1.29 is 14.7 Å². The van der Waals surface area contributed by atoms with Crippen molar-refractivity contribution in [3.05, 3.63) is 35.4 Å². The molecule has 5 nitrogen and oxygen atoms in total. The molecule has 18 heavy (non-hydrogen) atoms. The molecule has 1 aliphatic heterocycles. The quantitative estimate of drug-likeness (QED) is 0.858. The van der Waals surface area contributed by atoms with Crippen molar-refractivity contribution in [3.8, 4) is 0 Å². The molecule has 6 heteroatoms. The van der Waals surface area contributed by atoms with Crippen LogP contribution in [0.1, 0.15) is 23.3 Å². The number of rotatable bonds is 2. The average Bonchev–Trinajstić information content (AvgIpc) is 2.65. The molecule has 0 bridgehead atoms. The minimum atomic E-state index is -1.19. The third-order valence-electron chi connectivity index (χ3n) is 3.02. The third-order valence-corrected chi connectivity index (χ3v) is 4.34. The van der Waals surface area contributed by atoms with Gasteiger partial charge in [0.2, 0.25) is 0 Å². The molecule has 1 aliphatic rings. The molecule has 0 aliphatic carbocycles. The first-order valence-electron chi connectivity index (χ1n) is 5.56. The van der Waals surface area contributed by atoms with Gasteiger partial charge in [0.25, 0.3) is 5.24 Å². The first-order chi connectivity index (χ1) is 8.54. The van der Waals surface area contributed by atoms with Crippen molar-refractivity contribution in [2.45, 2.75) is 24.8 Å². The van der Waals surface area contributed by atoms with E-state index in [2.05, 4.69) is 0 Å². The lowest BCUT2D eigenvalue weighted by atomic mass is 10.0. The Labute approximate surface area is 109 Å². The first-order valence-corrected chi connectivity index (χ1v) is 6.44. The molecule has 0 spiro atoms. The highest BCUT2D eigenvalue weighted by atomic mass is 32.2. The lowest BCUT2D eigenvalue weighted by Gasteiger charge is -2.19. The number of hydrogen-bond donors (Lipinski definition) is 2. The van der Waals surface area contributed by atoms with E-state index in [1.54, 1.807) is 6.92 Å². The number of thioether (sulfide) groups is 1. The van der Waals surface area contributed by atoms with Crippen LogP contribution in [-0.2, 0) is 6.54 Å².